The van der Waals surface area contributed by atoms with E-state index in [9.17, 15) is 9.59 Å². The number of fused-ring (bicyclic) bond motifs is 1. The van der Waals surface area contributed by atoms with E-state index in [1.807, 2.05) is 12.1 Å². The lowest BCUT2D eigenvalue weighted by Gasteiger charge is -2.12. The predicted molar refractivity (Wildman–Crippen MR) is 77.2 cm³/mol. The van der Waals surface area contributed by atoms with Gasteiger partial charge in [0.25, 0.3) is 0 Å². The van der Waals surface area contributed by atoms with E-state index in [4.69, 9.17) is 4.74 Å². The van der Waals surface area contributed by atoms with Crippen molar-refractivity contribution >= 4 is 11.8 Å². The van der Waals surface area contributed by atoms with Crippen molar-refractivity contribution in [3.63, 3.8) is 0 Å². The summed E-state index contributed by atoms with van der Waals surface area (Å²) in [6.45, 7) is 1.49. The summed E-state index contributed by atoms with van der Waals surface area (Å²) >= 11 is 0. The zero-order chi connectivity index (χ0) is 14.8. The van der Waals surface area contributed by atoms with Gasteiger partial charge in [0.2, 0.25) is 0 Å². The summed E-state index contributed by atoms with van der Waals surface area (Å²) in [6.07, 6.45) is 3.09. The number of hydrogen-bond acceptors (Lipinski definition) is 4. The first-order valence-corrected chi connectivity index (χ1v) is 6.91. The Balaban J connectivity index is 1.74. The molecule has 1 unspecified atom stereocenters. The van der Waals surface area contributed by atoms with Crippen LogP contribution in [0.2, 0.25) is 0 Å². The topological polar surface area (TPSA) is 56.3 Å². The average Bonchev–Trinajstić information content (AvgIpc) is 2.91. The molecule has 0 bridgehead atoms. The average molecular weight is 281 g/mol. The van der Waals surface area contributed by atoms with Crippen molar-refractivity contribution in [3.05, 3.63) is 65.0 Å². The van der Waals surface area contributed by atoms with Gasteiger partial charge < -0.3 is 4.74 Å². The number of rotatable bonds is 3. The van der Waals surface area contributed by atoms with Crippen LogP contribution in [0.1, 0.15) is 51.4 Å². The third kappa shape index (κ3) is 2.70. The highest BCUT2D eigenvalue weighted by Crippen LogP contribution is 2.32. The number of hydrogen-bond donors (Lipinski definition) is 0. The number of esters is 1. The zero-order valence-electron chi connectivity index (χ0n) is 11.7. The fourth-order valence-corrected chi connectivity index (χ4v) is 2.53. The number of nitrogens with zero attached hydrogens (tertiary/aromatic N) is 1. The molecule has 2 aromatic rings. The van der Waals surface area contributed by atoms with E-state index < -0.39 is 0 Å². The van der Waals surface area contributed by atoms with Crippen LogP contribution in [0.15, 0.2) is 42.6 Å². The second-order valence-electron chi connectivity index (χ2n) is 5.11. The Morgan fingerprint density at radius 2 is 1.86 bits per heavy atom. The molecule has 0 amide bonds. The Morgan fingerprint density at radius 3 is 2.57 bits per heavy atom. The van der Waals surface area contributed by atoms with Crippen molar-refractivity contribution in [1.29, 1.82) is 0 Å². The summed E-state index contributed by atoms with van der Waals surface area (Å²) in [5, 5.41) is 0. The Hall–Kier alpha value is -2.49. The lowest BCUT2D eigenvalue weighted by atomic mass is 10.1. The molecule has 1 aliphatic carbocycles. The standard InChI is InChI=1S/C17H15NO3/c1-11(19)12-4-6-14(7-5-12)17(20)21-15-9-8-13-3-2-10-18-16(13)15/h2-7,10,15H,8-9H2,1H3. The molecule has 0 fully saturated rings. The van der Waals surface area contributed by atoms with Gasteiger partial charge in [0.05, 0.1) is 11.3 Å². The predicted octanol–water partition coefficient (Wildman–Crippen LogP) is 3.13. The second kappa shape index (κ2) is 5.48. The first-order chi connectivity index (χ1) is 10.1. The highest BCUT2D eigenvalue weighted by Gasteiger charge is 2.27. The fourth-order valence-electron chi connectivity index (χ4n) is 2.53. The van der Waals surface area contributed by atoms with Crippen LogP contribution in [0.4, 0.5) is 0 Å². The number of ketones is 1. The minimum atomic E-state index is -0.381. The van der Waals surface area contributed by atoms with Gasteiger partial charge in [-0.1, -0.05) is 18.2 Å². The quantitative estimate of drug-likeness (QED) is 0.640. The van der Waals surface area contributed by atoms with Crippen molar-refractivity contribution in [2.24, 2.45) is 0 Å². The summed E-state index contributed by atoms with van der Waals surface area (Å²) in [7, 11) is 0. The second-order valence-corrected chi connectivity index (χ2v) is 5.11. The Kier molecular flexibility index (Phi) is 3.52. The van der Waals surface area contributed by atoms with Gasteiger partial charge in [0.1, 0.15) is 6.10 Å². The van der Waals surface area contributed by atoms with Gasteiger partial charge in [-0.05, 0) is 43.5 Å². The third-order valence-corrected chi connectivity index (χ3v) is 3.68. The lowest BCUT2D eigenvalue weighted by molar-refractivity contribution is 0.0292. The van der Waals surface area contributed by atoms with Gasteiger partial charge in [-0.2, -0.15) is 0 Å². The zero-order valence-corrected chi connectivity index (χ0v) is 11.7. The highest BCUT2D eigenvalue weighted by atomic mass is 16.5. The van der Waals surface area contributed by atoms with Crippen LogP contribution in [0.3, 0.4) is 0 Å². The number of pyridine rings is 1. The first-order valence-electron chi connectivity index (χ1n) is 6.91. The molecule has 0 spiro atoms. The van der Waals surface area contributed by atoms with E-state index in [2.05, 4.69) is 4.98 Å². The minimum Gasteiger partial charge on any atom is -0.452 e. The van der Waals surface area contributed by atoms with Crippen LogP contribution < -0.4 is 0 Å². The Morgan fingerprint density at radius 1 is 1.14 bits per heavy atom. The third-order valence-electron chi connectivity index (χ3n) is 3.68. The molecular weight excluding hydrogens is 266 g/mol. The number of aryl methyl sites for hydroxylation is 1. The molecule has 4 nitrogen and oxygen atoms in total. The summed E-state index contributed by atoms with van der Waals surface area (Å²) in [5.74, 6) is -0.405. The molecular formula is C17H15NO3. The molecule has 21 heavy (non-hydrogen) atoms. The number of Topliss-reactive ketones (excluding diaryl/α,β-unsaturated/α-hetero) is 1. The molecule has 0 saturated heterocycles. The molecule has 1 aromatic carbocycles. The van der Waals surface area contributed by atoms with Gasteiger partial charge in [0, 0.05) is 11.8 Å². The lowest BCUT2D eigenvalue weighted by Crippen LogP contribution is -2.10. The minimum absolute atomic E-state index is 0.0242. The molecule has 106 valence electrons. The van der Waals surface area contributed by atoms with E-state index in [-0.39, 0.29) is 17.9 Å². The molecule has 1 heterocycles. The van der Waals surface area contributed by atoms with Gasteiger partial charge in [-0.25, -0.2) is 4.79 Å². The van der Waals surface area contributed by atoms with Gasteiger partial charge in [-0.15, -0.1) is 0 Å². The summed E-state index contributed by atoms with van der Waals surface area (Å²) in [6, 6.07) is 10.4. The maximum absolute atomic E-state index is 12.2. The smallest absolute Gasteiger partial charge is 0.338 e. The normalized spacial score (nSPS) is 16.3. The van der Waals surface area contributed by atoms with Crippen molar-refractivity contribution in [1.82, 2.24) is 4.98 Å². The maximum Gasteiger partial charge on any atom is 0.338 e. The van der Waals surface area contributed by atoms with E-state index in [0.717, 1.165) is 24.1 Å². The van der Waals surface area contributed by atoms with Gasteiger partial charge in [0.15, 0.2) is 5.78 Å². The van der Waals surface area contributed by atoms with Crippen LogP contribution >= 0.6 is 0 Å². The molecule has 1 atom stereocenters. The number of carbonyl (C=O) groups is 2. The molecule has 3 rings (SSSR count). The largest absolute Gasteiger partial charge is 0.452 e. The van der Waals surface area contributed by atoms with E-state index in [1.165, 1.54) is 6.92 Å². The van der Waals surface area contributed by atoms with Crippen LogP contribution in [0, 0.1) is 0 Å². The van der Waals surface area contributed by atoms with Crippen molar-refractivity contribution in [3.8, 4) is 0 Å². The summed E-state index contributed by atoms with van der Waals surface area (Å²) in [4.78, 5) is 27.7. The Bertz CT molecular complexity index is 691. The molecule has 0 N–H and O–H groups in total. The molecule has 0 radical (unpaired) electrons. The van der Waals surface area contributed by atoms with E-state index in [1.54, 1.807) is 30.5 Å². The van der Waals surface area contributed by atoms with Crippen LogP contribution in [-0.2, 0) is 11.2 Å². The SMILES string of the molecule is CC(=O)c1ccc(C(=O)OC2CCc3cccnc32)cc1. The molecule has 4 heteroatoms. The van der Waals surface area contributed by atoms with E-state index >= 15 is 0 Å². The fraction of sp³-hybridized carbons (Fsp3) is 0.235. The highest BCUT2D eigenvalue weighted by molar-refractivity contribution is 5.96. The first kappa shape index (κ1) is 13.5. The van der Waals surface area contributed by atoms with Crippen molar-refractivity contribution in [2.45, 2.75) is 25.9 Å². The van der Waals surface area contributed by atoms with Crippen LogP contribution in [0.5, 0.6) is 0 Å². The molecule has 0 aliphatic heterocycles. The van der Waals surface area contributed by atoms with E-state index in [0.29, 0.717) is 11.1 Å². The molecule has 0 saturated carbocycles. The van der Waals surface area contributed by atoms with Gasteiger partial charge >= 0.3 is 5.97 Å². The number of carbonyl (C=O) groups excluding carboxylic acids is 2. The maximum atomic E-state index is 12.2. The van der Waals surface area contributed by atoms with Crippen molar-refractivity contribution in [2.75, 3.05) is 0 Å². The van der Waals surface area contributed by atoms with Gasteiger partial charge in [-0.3, -0.25) is 9.78 Å². The van der Waals surface area contributed by atoms with Crippen LogP contribution in [0.25, 0.3) is 0 Å². The number of ether oxygens (including phenoxy) is 1. The van der Waals surface area contributed by atoms with Crippen molar-refractivity contribution < 1.29 is 14.3 Å². The summed E-state index contributed by atoms with van der Waals surface area (Å²) < 4.78 is 5.54. The van der Waals surface area contributed by atoms with Crippen LogP contribution in [-0.4, -0.2) is 16.7 Å². The summed E-state index contributed by atoms with van der Waals surface area (Å²) in [5.41, 5.74) is 3.03. The molecule has 1 aromatic heterocycles. The molecule has 1 aliphatic rings. The number of aromatic nitrogens is 1. The Labute approximate surface area is 122 Å². The number of benzene rings is 1. The monoisotopic (exact) mass is 281 g/mol.